The summed E-state index contributed by atoms with van der Waals surface area (Å²) in [5.74, 6) is 0. The molecule has 1 aliphatic heterocycles. The lowest BCUT2D eigenvalue weighted by atomic mass is 9.94. The molecular weight excluding hydrogens is 288 g/mol. The van der Waals surface area contributed by atoms with Gasteiger partial charge in [0, 0.05) is 12.6 Å². The van der Waals surface area contributed by atoms with Crippen LogP contribution in [0.2, 0.25) is 0 Å². The minimum atomic E-state index is -0.128. The van der Waals surface area contributed by atoms with Crippen molar-refractivity contribution in [3.05, 3.63) is 48.0 Å². The van der Waals surface area contributed by atoms with Crippen molar-refractivity contribution in [3.8, 4) is 0 Å². The summed E-state index contributed by atoms with van der Waals surface area (Å²) in [5, 5.41) is 7.79. The van der Waals surface area contributed by atoms with Gasteiger partial charge < -0.3 is 10.1 Å². The van der Waals surface area contributed by atoms with Gasteiger partial charge in [-0.05, 0) is 45.2 Å². The zero-order valence-corrected chi connectivity index (χ0v) is 14.4. The van der Waals surface area contributed by atoms with E-state index < -0.39 is 0 Å². The molecule has 0 unspecified atom stereocenters. The predicted octanol–water partition coefficient (Wildman–Crippen LogP) is 2.76. The summed E-state index contributed by atoms with van der Waals surface area (Å²) in [5.41, 5.74) is 2.33. The zero-order chi connectivity index (χ0) is 16.5. The topological polar surface area (TPSA) is 52.0 Å². The molecule has 0 radical (unpaired) electrons. The van der Waals surface area contributed by atoms with E-state index in [9.17, 15) is 0 Å². The Bertz CT molecular complexity index is 632. The summed E-state index contributed by atoms with van der Waals surface area (Å²) in [7, 11) is 0. The van der Waals surface area contributed by atoms with Gasteiger partial charge in [-0.15, -0.1) is 0 Å². The van der Waals surface area contributed by atoms with Crippen molar-refractivity contribution in [2.45, 2.75) is 64.4 Å². The standard InChI is InChI=1S/C18H26N4O/c1-17(2)9-16(18(3,4)23-17)20-10-14-5-7-15(8-6-14)11-22-13-19-12-21-22/h5-8,12-13,16,20H,9-11H2,1-4H3/t16-/m1/s1. The van der Waals surface area contributed by atoms with Crippen LogP contribution in [0.4, 0.5) is 0 Å². The molecule has 2 heterocycles. The average Bonchev–Trinajstić information content (AvgIpc) is 3.03. The first-order valence-electron chi connectivity index (χ1n) is 8.18. The highest BCUT2D eigenvalue weighted by Crippen LogP contribution is 2.37. The van der Waals surface area contributed by atoms with Gasteiger partial charge in [0.15, 0.2) is 0 Å². The minimum Gasteiger partial charge on any atom is -0.368 e. The number of ether oxygens (including phenoxy) is 1. The van der Waals surface area contributed by atoms with Crippen LogP contribution in [0.25, 0.3) is 0 Å². The van der Waals surface area contributed by atoms with E-state index in [-0.39, 0.29) is 11.2 Å². The molecule has 1 aromatic carbocycles. The second-order valence-corrected chi connectivity index (χ2v) is 7.51. The van der Waals surface area contributed by atoms with Crippen LogP contribution in [-0.4, -0.2) is 32.0 Å². The van der Waals surface area contributed by atoms with Crippen LogP contribution in [0.1, 0.15) is 45.2 Å². The lowest BCUT2D eigenvalue weighted by Gasteiger charge is -2.28. The number of benzene rings is 1. The third-order valence-corrected chi connectivity index (χ3v) is 4.46. The largest absolute Gasteiger partial charge is 0.368 e. The van der Waals surface area contributed by atoms with E-state index in [4.69, 9.17) is 4.74 Å². The third-order valence-electron chi connectivity index (χ3n) is 4.46. The van der Waals surface area contributed by atoms with E-state index in [1.54, 1.807) is 12.7 Å². The molecule has 1 N–H and O–H groups in total. The Kier molecular flexibility index (Phi) is 4.25. The summed E-state index contributed by atoms with van der Waals surface area (Å²) in [6.45, 7) is 10.3. The highest BCUT2D eigenvalue weighted by molar-refractivity contribution is 5.22. The molecular formula is C18H26N4O. The molecule has 1 atom stereocenters. The van der Waals surface area contributed by atoms with E-state index in [1.807, 2.05) is 4.68 Å². The first-order chi connectivity index (χ1) is 10.8. The van der Waals surface area contributed by atoms with Crippen molar-refractivity contribution >= 4 is 0 Å². The normalized spacial score (nSPS) is 22.3. The molecule has 124 valence electrons. The van der Waals surface area contributed by atoms with Gasteiger partial charge in [0.25, 0.3) is 0 Å². The molecule has 3 rings (SSSR count). The zero-order valence-electron chi connectivity index (χ0n) is 14.4. The molecule has 5 nitrogen and oxygen atoms in total. The molecule has 0 aliphatic carbocycles. The van der Waals surface area contributed by atoms with Crippen molar-refractivity contribution in [2.75, 3.05) is 0 Å². The van der Waals surface area contributed by atoms with Gasteiger partial charge >= 0.3 is 0 Å². The molecule has 0 amide bonds. The summed E-state index contributed by atoms with van der Waals surface area (Å²) in [6, 6.07) is 9.02. The van der Waals surface area contributed by atoms with Crippen molar-refractivity contribution < 1.29 is 4.74 Å². The molecule has 0 spiro atoms. The van der Waals surface area contributed by atoms with Gasteiger partial charge in [0.2, 0.25) is 0 Å². The molecule has 1 aliphatic rings. The maximum absolute atomic E-state index is 6.14. The first kappa shape index (κ1) is 16.1. The molecule has 2 aromatic rings. The van der Waals surface area contributed by atoms with Gasteiger partial charge in [-0.25, -0.2) is 9.67 Å². The lowest BCUT2D eigenvalue weighted by molar-refractivity contribution is -0.0699. The van der Waals surface area contributed by atoms with Crippen LogP contribution in [0.15, 0.2) is 36.9 Å². The molecule has 5 heteroatoms. The molecule has 23 heavy (non-hydrogen) atoms. The van der Waals surface area contributed by atoms with Crippen LogP contribution in [0.5, 0.6) is 0 Å². The quantitative estimate of drug-likeness (QED) is 0.922. The fourth-order valence-corrected chi connectivity index (χ4v) is 3.39. The van der Waals surface area contributed by atoms with Crippen molar-refractivity contribution in [2.24, 2.45) is 0 Å². The highest BCUT2D eigenvalue weighted by atomic mass is 16.5. The maximum Gasteiger partial charge on any atom is 0.137 e. The van der Waals surface area contributed by atoms with E-state index in [0.717, 1.165) is 19.5 Å². The fourth-order valence-electron chi connectivity index (χ4n) is 3.39. The Hall–Kier alpha value is -1.72. The Morgan fingerprint density at radius 3 is 2.43 bits per heavy atom. The summed E-state index contributed by atoms with van der Waals surface area (Å²) >= 11 is 0. The highest BCUT2D eigenvalue weighted by Gasteiger charge is 2.45. The smallest absolute Gasteiger partial charge is 0.137 e. The van der Waals surface area contributed by atoms with Crippen molar-refractivity contribution in [3.63, 3.8) is 0 Å². The Labute approximate surface area is 138 Å². The van der Waals surface area contributed by atoms with Crippen LogP contribution in [0, 0.1) is 0 Å². The Morgan fingerprint density at radius 2 is 1.87 bits per heavy atom. The SMILES string of the molecule is CC1(C)C[C@@H](NCc2ccc(Cn3cncn3)cc2)C(C)(C)O1. The first-order valence-corrected chi connectivity index (χ1v) is 8.18. The summed E-state index contributed by atoms with van der Waals surface area (Å²) < 4.78 is 7.96. The molecule has 0 bridgehead atoms. The third kappa shape index (κ3) is 3.98. The van der Waals surface area contributed by atoms with Crippen LogP contribution in [-0.2, 0) is 17.8 Å². The monoisotopic (exact) mass is 314 g/mol. The van der Waals surface area contributed by atoms with Gasteiger partial charge in [0.1, 0.15) is 12.7 Å². The summed E-state index contributed by atoms with van der Waals surface area (Å²) in [4.78, 5) is 3.96. The van der Waals surface area contributed by atoms with E-state index in [2.05, 4.69) is 67.4 Å². The second-order valence-electron chi connectivity index (χ2n) is 7.51. The molecule has 0 saturated carbocycles. The van der Waals surface area contributed by atoms with Crippen LogP contribution in [0.3, 0.4) is 0 Å². The van der Waals surface area contributed by atoms with Gasteiger partial charge in [-0.2, -0.15) is 5.10 Å². The minimum absolute atomic E-state index is 0.0528. The number of hydrogen-bond acceptors (Lipinski definition) is 4. The lowest BCUT2D eigenvalue weighted by Crippen LogP contribution is -2.42. The van der Waals surface area contributed by atoms with E-state index in [0.29, 0.717) is 6.04 Å². The van der Waals surface area contributed by atoms with Crippen molar-refractivity contribution in [1.82, 2.24) is 20.1 Å². The van der Waals surface area contributed by atoms with Gasteiger partial charge in [-0.1, -0.05) is 24.3 Å². The van der Waals surface area contributed by atoms with E-state index >= 15 is 0 Å². The molecule has 1 saturated heterocycles. The number of rotatable bonds is 5. The predicted molar refractivity (Wildman–Crippen MR) is 90.1 cm³/mol. The van der Waals surface area contributed by atoms with Gasteiger partial charge in [-0.3, -0.25) is 0 Å². The van der Waals surface area contributed by atoms with Gasteiger partial charge in [0.05, 0.1) is 17.7 Å². The second kappa shape index (κ2) is 6.06. The molecule has 1 fully saturated rings. The number of hydrogen-bond donors (Lipinski definition) is 1. The van der Waals surface area contributed by atoms with Crippen molar-refractivity contribution in [1.29, 1.82) is 0 Å². The number of nitrogens with one attached hydrogen (secondary N) is 1. The van der Waals surface area contributed by atoms with E-state index in [1.165, 1.54) is 11.1 Å². The fraction of sp³-hybridized carbons (Fsp3) is 0.556. The number of nitrogens with zero attached hydrogens (tertiary/aromatic N) is 3. The summed E-state index contributed by atoms with van der Waals surface area (Å²) in [6.07, 6.45) is 4.33. The van der Waals surface area contributed by atoms with Crippen LogP contribution < -0.4 is 5.32 Å². The average molecular weight is 314 g/mol. The van der Waals surface area contributed by atoms with Crippen LogP contribution >= 0.6 is 0 Å². The number of aromatic nitrogens is 3. The Balaban J connectivity index is 1.57. The maximum atomic E-state index is 6.14. The Morgan fingerprint density at radius 1 is 1.17 bits per heavy atom. The molecule has 1 aromatic heterocycles.